The molecule has 0 radical (unpaired) electrons. The number of nitrogen functional groups attached to an aromatic ring is 1. The summed E-state index contributed by atoms with van der Waals surface area (Å²) in [4.78, 5) is 0. The Kier molecular flexibility index (Phi) is 5.72. The average Bonchev–Trinajstić information content (AvgIpc) is 2.94. The van der Waals surface area contributed by atoms with Gasteiger partial charge in [0.15, 0.2) is 5.82 Å². The predicted molar refractivity (Wildman–Crippen MR) is 85.8 cm³/mol. The molecule has 0 saturated carbocycles. The van der Waals surface area contributed by atoms with Gasteiger partial charge in [0.05, 0.1) is 0 Å². The molecule has 1 aromatic heterocycles. The monoisotopic (exact) mass is 287 g/mol. The molecule has 5 heteroatoms. The summed E-state index contributed by atoms with van der Waals surface area (Å²) in [6, 6.07) is 5.97. The molecule has 0 amide bonds. The van der Waals surface area contributed by atoms with Gasteiger partial charge >= 0.3 is 0 Å². The van der Waals surface area contributed by atoms with E-state index in [1.807, 2.05) is 29.8 Å². The van der Waals surface area contributed by atoms with Crippen molar-refractivity contribution in [1.29, 1.82) is 0 Å². The SMILES string of the molecule is CCCCCCCCn1nnnc1-c1cccc(C)c1N. The number of benzene rings is 1. The summed E-state index contributed by atoms with van der Waals surface area (Å²) < 4.78 is 1.87. The molecule has 2 N–H and O–H groups in total. The third kappa shape index (κ3) is 4.03. The minimum atomic E-state index is 0.761. The van der Waals surface area contributed by atoms with Crippen molar-refractivity contribution in [2.45, 2.75) is 58.9 Å². The van der Waals surface area contributed by atoms with Crippen molar-refractivity contribution in [1.82, 2.24) is 20.2 Å². The molecular formula is C16H25N5. The van der Waals surface area contributed by atoms with Crippen molar-refractivity contribution in [3.63, 3.8) is 0 Å². The lowest BCUT2D eigenvalue weighted by Gasteiger charge is -2.08. The largest absolute Gasteiger partial charge is 0.398 e. The number of aryl methyl sites for hydroxylation is 2. The highest BCUT2D eigenvalue weighted by Gasteiger charge is 2.12. The lowest BCUT2D eigenvalue weighted by molar-refractivity contribution is 0.519. The molecule has 0 unspecified atom stereocenters. The van der Waals surface area contributed by atoms with E-state index in [4.69, 9.17) is 5.73 Å². The molecule has 0 aliphatic heterocycles. The van der Waals surface area contributed by atoms with Crippen LogP contribution >= 0.6 is 0 Å². The summed E-state index contributed by atoms with van der Waals surface area (Å²) in [7, 11) is 0. The second kappa shape index (κ2) is 7.76. The molecule has 0 aliphatic carbocycles. The quantitative estimate of drug-likeness (QED) is 0.595. The minimum Gasteiger partial charge on any atom is -0.398 e. The van der Waals surface area contributed by atoms with Gasteiger partial charge in [0.25, 0.3) is 0 Å². The standard InChI is InChI=1S/C16H25N5/c1-3-4-5-6-7-8-12-21-16(18-19-20-21)14-11-9-10-13(2)15(14)17/h9-11H,3-8,12,17H2,1-2H3. The molecule has 1 aromatic carbocycles. The molecule has 1 heterocycles. The number of para-hydroxylation sites is 1. The molecule has 5 nitrogen and oxygen atoms in total. The molecule has 0 bridgehead atoms. The van der Waals surface area contributed by atoms with Crippen LogP contribution in [0.25, 0.3) is 11.4 Å². The summed E-state index contributed by atoms with van der Waals surface area (Å²) in [6.45, 7) is 5.09. The molecule has 0 saturated heterocycles. The molecular weight excluding hydrogens is 262 g/mol. The fourth-order valence-corrected chi connectivity index (χ4v) is 2.47. The van der Waals surface area contributed by atoms with E-state index in [1.165, 1.54) is 32.1 Å². The van der Waals surface area contributed by atoms with Crippen molar-refractivity contribution in [2.24, 2.45) is 0 Å². The summed E-state index contributed by atoms with van der Waals surface area (Å²) in [5.74, 6) is 0.768. The van der Waals surface area contributed by atoms with Gasteiger partial charge in [0.1, 0.15) is 0 Å². The van der Waals surface area contributed by atoms with E-state index in [0.717, 1.165) is 35.6 Å². The number of hydrogen-bond acceptors (Lipinski definition) is 4. The zero-order valence-corrected chi connectivity index (χ0v) is 13.0. The fourth-order valence-electron chi connectivity index (χ4n) is 2.47. The average molecular weight is 287 g/mol. The van der Waals surface area contributed by atoms with Gasteiger partial charge < -0.3 is 5.73 Å². The lowest BCUT2D eigenvalue weighted by Crippen LogP contribution is -2.05. The van der Waals surface area contributed by atoms with Crippen molar-refractivity contribution in [3.05, 3.63) is 23.8 Å². The van der Waals surface area contributed by atoms with Gasteiger partial charge in [-0.1, -0.05) is 51.2 Å². The Labute approximate surface area is 126 Å². The van der Waals surface area contributed by atoms with Crippen molar-refractivity contribution in [3.8, 4) is 11.4 Å². The molecule has 114 valence electrons. The Bertz CT molecular complexity index is 562. The Morgan fingerprint density at radius 1 is 1.10 bits per heavy atom. The Morgan fingerprint density at radius 3 is 2.67 bits per heavy atom. The first-order valence-corrected chi connectivity index (χ1v) is 7.85. The maximum Gasteiger partial charge on any atom is 0.184 e. The summed E-state index contributed by atoms with van der Waals surface area (Å²) >= 11 is 0. The van der Waals surface area contributed by atoms with Crippen LogP contribution in [-0.4, -0.2) is 20.2 Å². The van der Waals surface area contributed by atoms with Gasteiger partial charge in [-0.3, -0.25) is 0 Å². The van der Waals surface area contributed by atoms with Gasteiger partial charge in [-0.25, -0.2) is 4.68 Å². The van der Waals surface area contributed by atoms with Crippen LogP contribution in [0.4, 0.5) is 5.69 Å². The third-order valence-electron chi connectivity index (χ3n) is 3.82. The van der Waals surface area contributed by atoms with Crippen molar-refractivity contribution < 1.29 is 0 Å². The highest BCUT2D eigenvalue weighted by Crippen LogP contribution is 2.26. The molecule has 21 heavy (non-hydrogen) atoms. The first-order chi connectivity index (χ1) is 10.2. The number of nitrogens with zero attached hydrogens (tertiary/aromatic N) is 4. The van der Waals surface area contributed by atoms with Crippen LogP contribution in [0.3, 0.4) is 0 Å². The predicted octanol–water partition coefficient (Wildman–Crippen LogP) is 3.59. The fraction of sp³-hybridized carbons (Fsp3) is 0.562. The molecule has 0 aliphatic rings. The zero-order chi connectivity index (χ0) is 15.1. The number of aromatic nitrogens is 4. The number of rotatable bonds is 8. The van der Waals surface area contributed by atoms with E-state index in [1.54, 1.807) is 0 Å². The zero-order valence-electron chi connectivity index (χ0n) is 13.0. The maximum atomic E-state index is 6.14. The van der Waals surface area contributed by atoms with Crippen LogP contribution < -0.4 is 5.73 Å². The lowest BCUT2D eigenvalue weighted by atomic mass is 10.1. The van der Waals surface area contributed by atoms with E-state index in [9.17, 15) is 0 Å². The van der Waals surface area contributed by atoms with Crippen molar-refractivity contribution in [2.75, 3.05) is 5.73 Å². The summed E-state index contributed by atoms with van der Waals surface area (Å²) in [5.41, 5.74) is 8.88. The highest BCUT2D eigenvalue weighted by molar-refractivity contribution is 5.73. The number of anilines is 1. The summed E-state index contributed by atoms with van der Waals surface area (Å²) in [6.07, 6.45) is 7.55. The second-order valence-corrected chi connectivity index (χ2v) is 5.53. The third-order valence-corrected chi connectivity index (χ3v) is 3.82. The highest BCUT2D eigenvalue weighted by atomic mass is 15.5. The van der Waals surface area contributed by atoms with Crippen LogP contribution in [0.1, 0.15) is 51.0 Å². The minimum absolute atomic E-state index is 0.761. The van der Waals surface area contributed by atoms with E-state index in [2.05, 4.69) is 22.4 Å². The number of nitrogens with two attached hydrogens (primary N) is 1. The van der Waals surface area contributed by atoms with Gasteiger partial charge in [-0.05, 0) is 35.4 Å². The van der Waals surface area contributed by atoms with E-state index in [-0.39, 0.29) is 0 Å². The Hall–Kier alpha value is -1.91. The first-order valence-electron chi connectivity index (χ1n) is 7.85. The molecule has 0 atom stereocenters. The van der Waals surface area contributed by atoms with Crippen LogP contribution in [0.2, 0.25) is 0 Å². The van der Waals surface area contributed by atoms with E-state index < -0.39 is 0 Å². The molecule has 0 fully saturated rings. The summed E-state index contributed by atoms with van der Waals surface area (Å²) in [5, 5.41) is 12.0. The second-order valence-electron chi connectivity index (χ2n) is 5.53. The number of hydrogen-bond donors (Lipinski definition) is 1. The Morgan fingerprint density at radius 2 is 1.86 bits per heavy atom. The maximum absolute atomic E-state index is 6.14. The van der Waals surface area contributed by atoms with E-state index >= 15 is 0 Å². The van der Waals surface area contributed by atoms with Gasteiger partial charge in [-0.2, -0.15) is 0 Å². The topological polar surface area (TPSA) is 69.6 Å². The molecule has 2 aromatic rings. The molecule has 0 spiro atoms. The smallest absolute Gasteiger partial charge is 0.184 e. The van der Waals surface area contributed by atoms with Gasteiger partial charge in [0.2, 0.25) is 0 Å². The van der Waals surface area contributed by atoms with Crippen molar-refractivity contribution >= 4 is 5.69 Å². The number of unbranched alkanes of at least 4 members (excludes halogenated alkanes) is 5. The van der Waals surface area contributed by atoms with Crippen LogP contribution in [0.5, 0.6) is 0 Å². The first kappa shape index (κ1) is 15.5. The normalized spacial score (nSPS) is 11.0. The van der Waals surface area contributed by atoms with Gasteiger partial charge in [0, 0.05) is 17.8 Å². The van der Waals surface area contributed by atoms with Crippen LogP contribution in [-0.2, 0) is 6.54 Å². The van der Waals surface area contributed by atoms with Gasteiger partial charge in [-0.15, -0.1) is 5.10 Å². The van der Waals surface area contributed by atoms with Crippen LogP contribution in [0.15, 0.2) is 18.2 Å². The Balaban J connectivity index is 1.97. The van der Waals surface area contributed by atoms with E-state index in [0.29, 0.717) is 0 Å². The number of tetrazole rings is 1. The molecule has 2 rings (SSSR count). The van der Waals surface area contributed by atoms with Crippen LogP contribution in [0, 0.1) is 6.92 Å².